The van der Waals surface area contributed by atoms with Crippen LogP contribution in [0.4, 0.5) is 0 Å². The van der Waals surface area contributed by atoms with E-state index in [1.807, 2.05) is 32.9 Å². The molecule has 0 radical (unpaired) electrons. The van der Waals surface area contributed by atoms with Gasteiger partial charge in [0.15, 0.2) is 0 Å². The predicted molar refractivity (Wildman–Crippen MR) is 180 cm³/mol. The third-order valence-corrected chi connectivity index (χ3v) is 7.01. The van der Waals surface area contributed by atoms with Crippen LogP contribution in [0.25, 0.3) is 11.6 Å². The molecule has 0 saturated heterocycles. The third-order valence-electron chi connectivity index (χ3n) is 7.01. The normalized spacial score (nSPS) is 10.0. The summed E-state index contributed by atoms with van der Waals surface area (Å²) in [4.78, 5) is 42.8. The summed E-state index contributed by atoms with van der Waals surface area (Å²) >= 11 is 4.39. The third kappa shape index (κ3) is 8.34. The Hall–Kier alpha value is -5.05. The van der Waals surface area contributed by atoms with E-state index >= 15 is 0 Å². The summed E-state index contributed by atoms with van der Waals surface area (Å²) in [5.41, 5.74) is 3.37. The topological polar surface area (TPSA) is 172 Å². The van der Waals surface area contributed by atoms with Crippen molar-refractivity contribution in [1.29, 1.82) is 10.5 Å². The summed E-state index contributed by atoms with van der Waals surface area (Å²) in [6, 6.07) is 16.4. The molecule has 0 fully saturated rings. The van der Waals surface area contributed by atoms with Crippen LogP contribution in [-0.2, 0) is 25.5 Å². The van der Waals surface area contributed by atoms with Crippen molar-refractivity contribution in [2.75, 3.05) is 12.9 Å². The summed E-state index contributed by atoms with van der Waals surface area (Å²) < 4.78 is 8.43. The van der Waals surface area contributed by atoms with Crippen molar-refractivity contribution in [2.45, 2.75) is 33.6 Å². The fraction of sp³-hybridized carbons (Fsp3) is 0.200. The van der Waals surface area contributed by atoms with Crippen LogP contribution in [0.3, 0.4) is 0 Å². The maximum atomic E-state index is 12.9. The Morgan fingerprint density at radius 1 is 0.816 bits per heavy atom. The Kier molecular flexibility index (Phi) is 14.0. The fourth-order valence-electron chi connectivity index (χ4n) is 4.82. The first-order valence-electron chi connectivity index (χ1n) is 14.9. The molecule has 49 heavy (non-hydrogen) atoms. The molecule has 4 heterocycles. The zero-order valence-corrected chi connectivity index (χ0v) is 30.5. The largest absolute Gasteiger partial charge is 1.00 e. The molecule has 0 unspecified atom stereocenters. The van der Waals surface area contributed by atoms with Crippen LogP contribution in [0, 0.1) is 22.7 Å². The molecular weight excluding hydrogens is 651 g/mol. The standard InChI is InChI=1S/C17H14N4O2.C16H12N4O2.C2H6S.Na/c1-3-13-15(21-8-4-7-19-17(21)20-13)16(22)11-5-6-14(23-2)12(9-11)10-18;1-2-12-14(20-7-3-6-18-16(20)19-12)15(22)10-4-5-13(21)11(8-10)9-17;1-2-3;/h4-9H,3H2,1-2H3;3-8,21H,2H2,1H3;3H,2H2,1H3;/q;;;+1/p-1. The molecule has 14 heteroatoms. The van der Waals surface area contributed by atoms with Gasteiger partial charge in [-0.1, -0.05) is 20.8 Å². The van der Waals surface area contributed by atoms with Crippen LogP contribution in [0.5, 0.6) is 11.5 Å². The molecule has 6 aromatic rings. The van der Waals surface area contributed by atoms with Gasteiger partial charge in [0.25, 0.3) is 0 Å². The number of methoxy groups -OCH3 is 1. The average molecular weight is 683 g/mol. The molecule has 0 aliphatic carbocycles. The van der Waals surface area contributed by atoms with Crippen molar-refractivity contribution in [1.82, 2.24) is 28.7 Å². The number of aromatic nitrogens is 6. The summed E-state index contributed by atoms with van der Waals surface area (Å²) in [5, 5.41) is 27.7. The number of phenols is 1. The molecule has 0 saturated carbocycles. The van der Waals surface area contributed by atoms with Gasteiger partial charge in [-0.05, 0) is 61.4 Å². The van der Waals surface area contributed by atoms with Gasteiger partial charge in [-0.3, -0.25) is 18.4 Å². The van der Waals surface area contributed by atoms with Gasteiger partial charge < -0.3 is 22.5 Å². The first-order chi connectivity index (χ1) is 23.3. The summed E-state index contributed by atoms with van der Waals surface area (Å²) in [6.45, 7) is 5.79. The number of ketones is 2. The summed E-state index contributed by atoms with van der Waals surface area (Å²) in [6.07, 6.45) is 7.95. The zero-order chi connectivity index (χ0) is 34.8. The van der Waals surface area contributed by atoms with E-state index in [2.05, 4.69) is 32.6 Å². The van der Waals surface area contributed by atoms with Crippen molar-refractivity contribution in [2.24, 2.45) is 0 Å². The Bertz CT molecular complexity index is 2200. The van der Waals surface area contributed by atoms with Crippen molar-refractivity contribution >= 4 is 35.8 Å². The second-order valence-electron chi connectivity index (χ2n) is 9.92. The number of hydrogen-bond donors (Lipinski definition) is 1. The van der Waals surface area contributed by atoms with Crippen molar-refractivity contribution < 1.29 is 49.0 Å². The number of carbonyl (C=O) groups is 2. The molecule has 2 aromatic carbocycles. The van der Waals surface area contributed by atoms with Crippen LogP contribution < -0.4 is 34.3 Å². The molecule has 0 amide bonds. The van der Waals surface area contributed by atoms with Gasteiger partial charge in [0, 0.05) is 35.9 Å². The van der Waals surface area contributed by atoms with E-state index in [4.69, 9.17) is 10.00 Å². The van der Waals surface area contributed by atoms with Crippen LogP contribution in [0.1, 0.15) is 75.4 Å². The van der Waals surface area contributed by atoms with Gasteiger partial charge in [-0.2, -0.15) is 16.3 Å². The Morgan fingerprint density at radius 3 is 1.69 bits per heavy atom. The summed E-state index contributed by atoms with van der Waals surface area (Å²) in [5.74, 6) is 1.63. The Labute approximate surface area is 310 Å². The molecule has 0 bridgehead atoms. The average Bonchev–Trinajstić information content (AvgIpc) is 3.70. The molecule has 0 spiro atoms. The molecular formula is C35H31N8NaO4S. The number of aryl methyl sites for hydroxylation is 2. The summed E-state index contributed by atoms with van der Waals surface area (Å²) in [7, 11) is 1.49. The van der Waals surface area contributed by atoms with Crippen molar-refractivity contribution in [3.8, 4) is 23.6 Å². The van der Waals surface area contributed by atoms with Crippen molar-refractivity contribution in [3.63, 3.8) is 0 Å². The molecule has 6 rings (SSSR count). The number of rotatable bonds is 7. The smallest absolute Gasteiger partial charge is 0.793 e. The number of nitriles is 2. The minimum atomic E-state index is -0.256. The number of aromatic hydroxyl groups is 1. The number of hydrogen-bond acceptors (Lipinski definition) is 11. The Morgan fingerprint density at radius 2 is 1.27 bits per heavy atom. The number of carbonyl (C=O) groups excluding carboxylic acids is 2. The molecule has 12 nitrogen and oxygen atoms in total. The van der Waals surface area contributed by atoms with E-state index in [0.29, 0.717) is 69.6 Å². The molecule has 0 aliphatic heterocycles. The van der Waals surface area contributed by atoms with Crippen LogP contribution in [0.15, 0.2) is 73.3 Å². The van der Waals surface area contributed by atoms with E-state index in [0.717, 1.165) is 5.75 Å². The molecule has 4 aromatic heterocycles. The predicted octanol–water partition coefficient (Wildman–Crippen LogP) is 2.06. The van der Waals surface area contributed by atoms with Gasteiger partial charge in [0.2, 0.25) is 23.1 Å². The SMILES string of the molecule is CC[S-].CCc1nc2ncccn2c1C(=O)c1ccc(O)c(C#N)c1.CCc1nc2ncccn2c1C(=O)c1ccc(OC)c(C#N)c1.[Na+]. The first kappa shape index (κ1) is 38.4. The molecule has 1 N–H and O–H groups in total. The number of nitrogens with zero attached hydrogens (tertiary/aromatic N) is 8. The van der Waals surface area contributed by atoms with Gasteiger partial charge in [0.1, 0.15) is 35.0 Å². The molecule has 0 atom stereocenters. The second kappa shape index (κ2) is 17.9. The van der Waals surface area contributed by atoms with Crippen LogP contribution in [-0.4, -0.2) is 58.3 Å². The van der Waals surface area contributed by atoms with Gasteiger partial charge in [-0.15, -0.1) is 0 Å². The number of phenolic OH excluding ortho intramolecular Hbond substituents is 1. The quantitative estimate of drug-likeness (QED) is 0.148. The number of benzene rings is 2. The van der Waals surface area contributed by atoms with Crippen LogP contribution >= 0.6 is 0 Å². The van der Waals surface area contributed by atoms with E-state index < -0.39 is 0 Å². The maximum absolute atomic E-state index is 12.9. The minimum absolute atomic E-state index is 0. The van der Waals surface area contributed by atoms with E-state index in [-0.39, 0.29) is 52.4 Å². The van der Waals surface area contributed by atoms with E-state index in [1.165, 1.54) is 31.4 Å². The van der Waals surface area contributed by atoms with Gasteiger partial charge >= 0.3 is 29.6 Å². The van der Waals surface area contributed by atoms with Crippen molar-refractivity contribution in [3.05, 3.63) is 118 Å². The molecule has 0 aliphatic rings. The maximum Gasteiger partial charge on any atom is 1.00 e. The number of imidazole rings is 2. The van der Waals surface area contributed by atoms with Gasteiger partial charge in [-0.25, -0.2) is 19.9 Å². The van der Waals surface area contributed by atoms with Gasteiger partial charge in [0.05, 0.1) is 29.6 Å². The van der Waals surface area contributed by atoms with Crippen LogP contribution in [0.2, 0.25) is 0 Å². The fourth-order valence-corrected chi connectivity index (χ4v) is 4.82. The number of fused-ring (bicyclic) bond motifs is 2. The van der Waals surface area contributed by atoms with E-state index in [1.54, 1.807) is 57.9 Å². The first-order valence-corrected chi connectivity index (χ1v) is 15.5. The Balaban J connectivity index is 0.000000241. The van der Waals surface area contributed by atoms with E-state index in [9.17, 15) is 20.0 Å². The molecule has 242 valence electrons. The monoisotopic (exact) mass is 682 g/mol. The minimum Gasteiger partial charge on any atom is -0.793 e. The number of ether oxygens (including phenoxy) is 1. The second-order valence-corrected chi connectivity index (χ2v) is 10.5. The zero-order valence-electron chi connectivity index (χ0n) is 27.7.